The fourth-order valence-corrected chi connectivity index (χ4v) is 2.04. The fourth-order valence-electron chi connectivity index (χ4n) is 1.17. The quantitative estimate of drug-likeness (QED) is 0.792. The second-order valence-electron chi connectivity index (χ2n) is 2.65. The summed E-state index contributed by atoms with van der Waals surface area (Å²) < 4.78 is 6.24. The van der Waals surface area contributed by atoms with E-state index in [1.807, 2.05) is 18.2 Å². The summed E-state index contributed by atoms with van der Waals surface area (Å²) >= 11 is 1.61. The van der Waals surface area contributed by atoms with Gasteiger partial charge in [-0.3, -0.25) is 0 Å². The van der Waals surface area contributed by atoms with E-state index in [2.05, 4.69) is 4.98 Å². The van der Waals surface area contributed by atoms with Crippen LogP contribution in [0.25, 0.3) is 10.2 Å². The molecule has 0 aliphatic rings. The Morgan fingerprint density at radius 2 is 2.38 bits per heavy atom. The van der Waals surface area contributed by atoms with E-state index in [9.17, 15) is 0 Å². The highest BCUT2D eigenvalue weighted by molar-refractivity contribution is 7.18. The SMILES string of the molecule is COc1ccc2nc(CN)sc2c1. The number of ether oxygens (including phenoxy) is 1. The molecule has 0 amide bonds. The molecular formula is C9H10N2OS. The second kappa shape index (κ2) is 3.32. The largest absolute Gasteiger partial charge is 0.497 e. The molecule has 0 aliphatic heterocycles. The Kier molecular flexibility index (Phi) is 2.16. The van der Waals surface area contributed by atoms with Gasteiger partial charge in [0.1, 0.15) is 10.8 Å². The van der Waals surface area contributed by atoms with Crippen molar-refractivity contribution in [2.75, 3.05) is 7.11 Å². The van der Waals surface area contributed by atoms with Gasteiger partial charge in [0.15, 0.2) is 0 Å². The molecular weight excluding hydrogens is 184 g/mol. The van der Waals surface area contributed by atoms with E-state index < -0.39 is 0 Å². The predicted octanol–water partition coefficient (Wildman–Crippen LogP) is 1.76. The highest BCUT2D eigenvalue weighted by Crippen LogP contribution is 2.25. The summed E-state index contributed by atoms with van der Waals surface area (Å²) in [5.74, 6) is 0.861. The molecule has 2 N–H and O–H groups in total. The van der Waals surface area contributed by atoms with Crippen LogP contribution in [-0.4, -0.2) is 12.1 Å². The Hall–Kier alpha value is -1.13. The second-order valence-corrected chi connectivity index (χ2v) is 3.76. The Balaban J connectivity index is 2.57. The van der Waals surface area contributed by atoms with E-state index in [0.717, 1.165) is 21.0 Å². The Labute approximate surface area is 80.2 Å². The van der Waals surface area contributed by atoms with Crippen LogP contribution in [0.2, 0.25) is 0 Å². The summed E-state index contributed by atoms with van der Waals surface area (Å²) in [5.41, 5.74) is 6.49. The van der Waals surface area contributed by atoms with E-state index in [1.165, 1.54) is 0 Å². The summed E-state index contributed by atoms with van der Waals surface area (Å²) in [6.07, 6.45) is 0. The van der Waals surface area contributed by atoms with E-state index in [4.69, 9.17) is 10.5 Å². The Morgan fingerprint density at radius 3 is 3.08 bits per heavy atom. The molecule has 0 bridgehead atoms. The first kappa shape index (κ1) is 8.47. The van der Waals surface area contributed by atoms with Crippen LogP contribution in [0, 0.1) is 0 Å². The van der Waals surface area contributed by atoms with Crippen molar-refractivity contribution in [1.29, 1.82) is 0 Å². The average Bonchev–Trinajstić information content (AvgIpc) is 2.58. The summed E-state index contributed by atoms with van der Waals surface area (Å²) in [6, 6.07) is 5.83. The van der Waals surface area contributed by atoms with Gasteiger partial charge >= 0.3 is 0 Å². The van der Waals surface area contributed by atoms with Crippen LogP contribution in [-0.2, 0) is 6.54 Å². The molecule has 0 spiro atoms. The molecule has 2 rings (SSSR count). The van der Waals surface area contributed by atoms with E-state index in [1.54, 1.807) is 18.4 Å². The van der Waals surface area contributed by atoms with Crippen molar-refractivity contribution in [2.45, 2.75) is 6.54 Å². The zero-order valence-electron chi connectivity index (χ0n) is 7.28. The third-order valence-corrected chi connectivity index (χ3v) is 2.85. The molecule has 13 heavy (non-hydrogen) atoms. The molecule has 68 valence electrons. The number of rotatable bonds is 2. The van der Waals surface area contributed by atoms with Crippen molar-refractivity contribution < 1.29 is 4.74 Å². The van der Waals surface area contributed by atoms with Crippen LogP contribution in [0.3, 0.4) is 0 Å². The van der Waals surface area contributed by atoms with Gasteiger partial charge in [-0.1, -0.05) is 0 Å². The van der Waals surface area contributed by atoms with Gasteiger partial charge in [0.05, 0.1) is 17.3 Å². The zero-order valence-corrected chi connectivity index (χ0v) is 8.10. The Morgan fingerprint density at radius 1 is 1.54 bits per heavy atom. The third-order valence-electron chi connectivity index (χ3n) is 1.81. The number of hydrogen-bond donors (Lipinski definition) is 1. The van der Waals surface area contributed by atoms with Crippen LogP contribution in [0.15, 0.2) is 18.2 Å². The maximum Gasteiger partial charge on any atom is 0.120 e. The first-order valence-corrected chi connectivity index (χ1v) is 4.78. The Bertz CT molecular complexity index is 422. The van der Waals surface area contributed by atoms with Gasteiger partial charge in [-0.25, -0.2) is 4.98 Å². The summed E-state index contributed by atoms with van der Waals surface area (Å²) in [7, 11) is 1.66. The number of fused-ring (bicyclic) bond motifs is 1. The molecule has 1 aromatic heterocycles. The molecule has 0 saturated heterocycles. The molecule has 0 aliphatic carbocycles. The normalized spacial score (nSPS) is 10.6. The molecule has 1 aromatic carbocycles. The average molecular weight is 194 g/mol. The van der Waals surface area contributed by atoms with Crippen LogP contribution in [0.4, 0.5) is 0 Å². The van der Waals surface area contributed by atoms with Crippen LogP contribution in [0.5, 0.6) is 5.75 Å². The molecule has 0 fully saturated rings. The summed E-state index contributed by atoms with van der Waals surface area (Å²) in [5, 5.41) is 0.961. The van der Waals surface area contributed by atoms with E-state index >= 15 is 0 Å². The predicted molar refractivity (Wildman–Crippen MR) is 54.1 cm³/mol. The van der Waals surface area contributed by atoms with Crippen LogP contribution < -0.4 is 10.5 Å². The number of methoxy groups -OCH3 is 1. The lowest BCUT2D eigenvalue weighted by Gasteiger charge is -1.96. The highest BCUT2D eigenvalue weighted by Gasteiger charge is 2.02. The smallest absolute Gasteiger partial charge is 0.120 e. The van der Waals surface area contributed by atoms with Gasteiger partial charge in [-0.05, 0) is 18.2 Å². The van der Waals surface area contributed by atoms with Crippen molar-refractivity contribution >= 4 is 21.6 Å². The molecule has 0 radical (unpaired) electrons. The molecule has 0 atom stereocenters. The molecule has 0 unspecified atom stereocenters. The van der Waals surface area contributed by atoms with Crippen molar-refractivity contribution in [3.8, 4) is 5.75 Å². The monoisotopic (exact) mass is 194 g/mol. The third kappa shape index (κ3) is 1.50. The number of benzene rings is 1. The van der Waals surface area contributed by atoms with Crippen molar-refractivity contribution in [3.63, 3.8) is 0 Å². The lowest BCUT2D eigenvalue weighted by atomic mass is 10.3. The van der Waals surface area contributed by atoms with Gasteiger partial charge in [0, 0.05) is 6.54 Å². The maximum absolute atomic E-state index is 5.50. The lowest BCUT2D eigenvalue weighted by molar-refractivity contribution is 0.415. The van der Waals surface area contributed by atoms with Crippen molar-refractivity contribution in [2.24, 2.45) is 5.73 Å². The van der Waals surface area contributed by atoms with Gasteiger partial charge < -0.3 is 10.5 Å². The molecule has 4 heteroatoms. The topological polar surface area (TPSA) is 48.1 Å². The number of nitrogens with two attached hydrogens (primary N) is 1. The first-order chi connectivity index (χ1) is 6.33. The van der Waals surface area contributed by atoms with Gasteiger partial charge in [0.2, 0.25) is 0 Å². The van der Waals surface area contributed by atoms with Gasteiger partial charge in [0.25, 0.3) is 0 Å². The maximum atomic E-state index is 5.50. The molecule has 0 saturated carbocycles. The first-order valence-electron chi connectivity index (χ1n) is 3.97. The standard InChI is InChI=1S/C9H10N2OS/c1-12-6-2-3-7-8(4-6)13-9(5-10)11-7/h2-4H,5,10H2,1H3. The van der Waals surface area contributed by atoms with Gasteiger partial charge in [-0.2, -0.15) is 0 Å². The summed E-state index contributed by atoms with van der Waals surface area (Å²) in [4.78, 5) is 4.34. The zero-order chi connectivity index (χ0) is 9.26. The number of aromatic nitrogens is 1. The molecule has 3 nitrogen and oxygen atoms in total. The van der Waals surface area contributed by atoms with Crippen LogP contribution >= 0.6 is 11.3 Å². The summed E-state index contributed by atoms with van der Waals surface area (Å²) in [6.45, 7) is 0.502. The van der Waals surface area contributed by atoms with E-state index in [-0.39, 0.29) is 0 Å². The fraction of sp³-hybridized carbons (Fsp3) is 0.222. The van der Waals surface area contributed by atoms with Gasteiger partial charge in [-0.15, -0.1) is 11.3 Å². The molecule has 1 heterocycles. The minimum absolute atomic E-state index is 0.502. The highest BCUT2D eigenvalue weighted by atomic mass is 32.1. The minimum atomic E-state index is 0.502. The number of thiazole rings is 1. The minimum Gasteiger partial charge on any atom is -0.497 e. The van der Waals surface area contributed by atoms with Crippen molar-refractivity contribution in [3.05, 3.63) is 23.2 Å². The van der Waals surface area contributed by atoms with Crippen LogP contribution in [0.1, 0.15) is 5.01 Å². The van der Waals surface area contributed by atoms with Crippen molar-refractivity contribution in [1.82, 2.24) is 4.98 Å². The number of hydrogen-bond acceptors (Lipinski definition) is 4. The van der Waals surface area contributed by atoms with E-state index in [0.29, 0.717) is 6.54 Å². The lowest BCUT2D eigenvalue weighted by Crippen LogP contribution is -1.93. The molecule has 2 aromatic rings. The number of nitrogens with zero attached hydrogens (tertiary/aromatic N) is 1.